The Bertz CT molecular complexity index is 489. The predicted octanol–water partition coefficient (Wildman–Crippen LogP) is 1.85. The van der Waals surface area contributed by atoms with Crippen LogP contribution in [0.5, 0.6) is 0 Å². The zero-order valence-electron chi connectivity index (χ0n) is 12.1. The molecule has 1 N–H and O–H groups in total. The summed E-state index contributed by atoms with van der Waals surface area (Å²) in [5.74, 6) is 2.99. The Hall–Kier alpha value is -1.04. The highest BCUT2D eigenvalue weighted by Gasteiger charge is 2.42. The topological polar surface area (TPSA) is 59.8 Å². The lowest BCUT2D eigenvalue weighted by Crippen LogP contribution is -2.40. The van der Waals surface area contributed by atoms with E-state index in [-0.39, 0.29) is 5.91 Å². The molecule has 0 spiro atoms. The maximum atomic E-state index is 12.0. The molecular formula is C14H22N4OS. The lowest BCUT2D eigenvalue weighted by molar-refractivity contribution is -0.119. The maximum absolute atomic E-state index is 12.0. The van der Waals surface area contributed by atoms with Crippen molar-refractivity contribution >= 4 is 17.7 Å². The van der Waals surface area contributed by atoms with Gasteiger partial charge in [0.2, 0.25) is 5.91 Å². The van der Waals surface area contributed by atoms with E-state index in [0.29, 0.717) is 17.7 Å². The predicted molar refractivity (Wildman–Crippen MR) is 78.3 cm³/mol. The van der Waals surface area contributed by atoms with E-state index in [4.69, 9.17) is 0 Å². The second kappa shape index (κ2) is 5.76. The second-order valence-corrected chi connectivity index (χ2v) is 7.15. The molecule has 0 saturated heterocycles. The lowest BCUT2D eigenvalue weighted by Gasteiger charge is -2.28. The number of carbonyl (C=O) groups is 1. The molecular weight excluding hydrogens is 272 g/mol. The van der Waals surface area contributed by atoms with Crippen LogP contribution in [0.25, 0.3) is 0 Å². The first kappa shape index (κ1) is 13.9. The third kappa shape index (κ3) is 2.85. The minimum absolute atomic E-state index is 0.105. The Kier molecular flexibility index (Phi) is 4.01. The van der Waals surface area contributed by atoms with Gasteiger partial charge in [-0.1, -0.05) is 18.2 Å². The summed E-state index contributed by atoms with van der Waals surface area (Å²) in [6.45, 7) is 2.16. The number of aryl methyl sites for hydroxylation is 1. The number of amides is 1. The van der Waals surface area contributed by atoms with E-state index in [1.165, 1.54) is 37.4 Å². The van der Waals surface area contributed by atoms with Crippen molar-refractivity contribution in [2.45, 2.75) is 43.8 Å². The molecule has 2 aliphatic rings. The van der Waals surface area contributed by atoms with Gasteiger partial charge in [0, 0.05) is 13.1 Å². The molecule has 5 nitrogen and oxygen atoms in total. The van der Waals surface area contributed by atoms with Crippen LogP contribution >= 0.6 is 11.8 Å². The molecule has 0 aliphatic heterocycles. The minimum atomic E-state index is 0.105. The molecule has 0 radical (unpaired) electrons. The van der Waals surface area contributed by atoms with Crippen molar-refractivity contribution in [1.82, 2.24) is 20.1 Å². The van der Waals surface area contributed by atoms with E-state index in [1.807, 2.05) is 11.6 Å². The molecule has 1 aromatic heterocycles. The number of fused-ring (bicyclic) bond motifs is 2. The average molecular weight is 294 g/mol. The van der Waals surface area contributed by atoms with Gasteiger partial charge >= 0.3 is 0 Å². The molecule has 0 aromatic carbocycles. The third-order valence-electron chi connectivity index (χ3n) is 4.83. The number of nitrogens with zero attached hydrogens (tertiary/aromatic N) is 3. The first-order chi connectivity index (χ1) is 9.63. The SMILES string of the molecule is CC(NC(=O)CSc1nncn1C)C1CC2CCC1C2. The van der Waals surface area contributed by atoms with Gasteiger partial charge in [0.05, 0.1) is 5.75 Å². The standard InChI is InChI=1S/C14H22N4OS/c1-9(12-6-10-3-4-11(12)5-10)16-13(19)7-20-14-17-15-8-18(14)2/h8-12H,3-7H2,1-2H3,(H,16,19). The van der Waals surface area contributed by atoms with Crippen LogP contribution in [-0.4, -0.2) is 32.5 Å². The van der Waals surface area contributed by atoms with Gasteiger partial charge in [-0.05, 0) is 43.9 Å². The highest BCUT2D eigenvalue weighted by Crippen LogP contribution is 2.49. The van der Waals surface area contributed by atoms with Gasteiger partial charge in [-0.2, -0.15) is 0 Å². The quantitative estimate of drug-likeness (QED) is 0.842. The minimum Gasteiger partial charge on any atom is -0.353 e. The van der Waals surface area contributed by atoms with E-state index < -0.39 is 0 Å². The Morgan fingerprint density at radius 1 is 1.55 bits per heavy atom. The molecule has 2 bridgehead atoms. The van der Waals surface area contributed by atoms with Crippen molar-refractivity contribution in [3.8, 4) is 0 Å². The normalized spacial score (nSPS) is 29.6. The summed E-state index contributed by atoms with van der Waals surface area (Å²) in [5, 5.41) is 11.7. The van der Waals surface area contributed by atoms with Gasteiger partial charge in [-0.25, -0.2) is 0 Å². The van der Waals surface area contributed by atoms with Crippen LogP contribution in [0.15, 0.2) is 11.5 Å². The zero-order chi connectivity index (χ0) is 14.1. The Balaban J connectivity index is 1.45. The molecule has 3 rings (SSSR count). The highest BCUT2D eigenvalue weighted by molar-refractivity contribution is 7.99. The van der Waals surface area contributed by atoms with Crippen molar-refractivity contribution in [2.24, 2.45) is 24.8 Å². The molecule has 4 atom stereocenters. The van der Waals surface area contributed by atoms with Crippen molar-refractivity contribution < 1.29 is 4.79 Å². The summed E-state index contributed by atoms with van der Waals surface area (Å²) >= 11 is 1.44. The number of nitrogens with one attached hydrogen (secondary N) is 1. The Labute approximate surface area is 123 Å². The fourth-order valence-electron chi connectivity index (χ4n) is 3.84. The number of rotatable bonds is 5. The second-order valence-electron chi connectivity index (χ2n) is 6.21. The highest BCUT2D eigenvalue weighted by atomic mass is 32.2. The fraction of sp³-hybridized carbons (Fsp3) is 0.786. The van der Waals surface area contributed by atoms with Crippen LogP contribution in [0.1, 0.15) is 32.6 Å². The molecule has 20 heavy (non-hydrogen) atoms. The van der Waals surface area contributed by atoms with Crippen LogP contribution in [0.3, 0.4) is 0 Å². The van der Waals surface area contributed by atoms with Gasteiger partial charge in [-0.3, -0.25) is 4.79 Å². The molecule has 2 aliphatic carbocycles. The number of thioether (sulfide) groups is 1. The number of hydrogen-bond donors (Lipinski definition) is 1. The fourth-order valence-corrected chi connectivity index (χ4v) is 4.54. The Morgan fingerprint density at radius 3 is 3.00 bits per heavy atom. The monoisotopic (exact) mass is 294 g/mol. The summed E-state index contributed by atoms with van der Waals surface area (Å²) in [6, 6.07) is 0.304. The summed E-state index contributed by atoms with van der Waals surface area (Å²) in [4.78, 5) is 12.0. The maximum Gasteiger partial charge on any atom is 0.230 e. The molecule has 2 fully saturated rings. The van der Waals surface area contributed by atoms with E-state index in [9.17, 15) is 4.79 Å². The van der Waals surface area contributed by atoms with Crippen LogP contribution < -0.4 is 5.32 Å². The van der Waals surface area contributed by atoms with Gasteiger partial charge < -0.3 is 9.88 Å². The van der Waals surface area contributed by atoms with E-state index >= 15 is 0 Å². The summed E-state index contributed by atoms with van der Waals surface area (Å²) < 4.78 is 1.83. The number of carbonyl (C=O) groups excluding carboxylic acids is 1. The molecule has 1 aromatic rings. The van der Waals surface area contributed by atoms with Crippen molar-refractivity contribution in [3.05, 3.63) is 6.33 Å². The number of hydrogen-bond acceptors (Lipinski definition) is 4. The zero-order valence-corrected chi connectivity index (χ0v) is 12.9. The van der Waals surface area contributed by atoms with E-state index in [0.717, 1.165) is 17.0 Å². The van der Waals surface area contributed by atoms with Crippen molar-refractivity contribution in [1.29, 1.82) is 0 Å². The molecule has 1 amide bonds. The van der Waals surface area contributed by atoms with Crippen LogP contribution in [0.4, 0.5) is 0 Å². The lowest BCUT2D eigenvalue weighted by atomic mass is 9.84. The summed E-state index contributed by atoms with van der Waals surface area (Å²) in [5.41, 5.74) is 0. The van der Waals surface area contributed by atoms with Gasteiger partial charge in [0.25, 0.3) is 0 Å². The first-order valence-electron chi connectivity index (χ1n) is 7.39. The average Bonchev–Trinajstić information content (AvgIpc) is 3.12. The van der Waals surface area contributed by atoms with E-state index in [2.05, 4.69) is 22.4 Å². The van der Waals surface area contributed by atoms with Crippen LogP contribution in [0.2, 0.25) is 0 Å². The van der Waals surface area contributed by atoms with Gasteiger partial charge in [0.1, 0.15) is 6.33 Å². The van der Waals surface area contributed by atoms with Crippen LogP contribution in [-0.2, 0) is 11.8 Å². The molecule has 2 saturated carbocycles. The number of aromatic nitrogens is 3. The van der Waals surface area contributed by atoms with Gasteiger partial charge in [-0.15, -0.1) is 10.2 Å². The summed E-state index contributed by atoms with van der Waals surface area (Å²) in [7, 11) is 1.89. The first-order valence-corrected chi connectivity index (χ1v) is 8.38. The molecule has 110 valence electrons. The molecule has 1 heterocycles. The van der Waals surface area contributed by atoms with Crippen molar-refractivity contribution in [2.75, 3.05) is 5.75 Å². The smallest absolute Gasteiger partial charge is 0.230 e. The van der Waals surface area contributed by atoms with Crippen LogP contribution in [0, 0.1) is 17.8 Å². The van der Waals surface area contributed by atoms with E-state index in [1.54, 1.807) is 6.33 Å². The third-order valence-corrected chi connectivity index (χ3v) is 5.86. The van der Waals surface area contributed by atoms with Crippen molar-refractivity contribution in [3.63, 3.8) is 0 Å². The molecule has 4 unspecified atom stereocenters. The van der Waals surface area contributed by atoms with Gasteiger partial charge in [0.15, 0.2) is 5.16 Å². The Morgan fingerprint density at radius 2 is 2.40 bits per heavy atom. The largest absolute Gasteiger partial charge is 0.353 e. The summed E-state index contributed by atoms with van der Waals surface area (Å²) in [6.07, 6.45) is 7.12. The molecule has 6 heteroatoms.